The maximum Gasteiger partial charge on any atom is 0.268 e. The summed E-state index contributed by atoms with van der Waals surface area (Å²) in [7, 11) is 0. The first-order valence-corrected chi connectivity index (χ1v) is 27.1. The Morgan fingerprint density at radius 2 is 1.16 bits per heavy atom. The van der Waals surface area contributed by atoms with Crippen molar-refractivity contribution in [3.05, 3.63) is 259 Å². The number of imidazole rings is 1. The molecule has 0 spiro atoms. The molecule has 0 atom stereocenters. The first kappa shape index (κ1) is 41.2. The molecule has 0 unspecified atom stereocenters. The normalized spacial score (nSPS) is 14.3. The number of rotatable bonds is 7. The average molecular weight is 1250 g/mol. The van der Waals surface area contributed by atoms with Gasteiger partial charge in [0.05, 0.1) is 23.6 Å². The third-order valence-corrected chi connectivity index (χ3v) is 15.7. The number of fused-ring (bicyclic) bond motifs is 10. The van der Waals surface area contributed by atoms with Crippen molar-refractivity contribution in [2.75, 3.05) is 0 Å². The summed E-state index contributed by atoms with van der Waals surface area (Å²) in [5.41, 5.74) is 11.2. The van der Waals surface area contributed by atoms with Gasteiger partial charge in [0.25, 0.3) is 6.33 Å². The van der Waals surface area contributed by atoms with Gasteiger partial charge in [-0.1, -0.05) is 205 Å². The Kier molecular flexibility index (Phi) is 10.2. The Morgan fingerprint density at radius 3 is 1.90 bits per heavy atom. The summed E-state index contributed by atoms with van der Waals surface area (Å²) in [6.45, 7) is 7.40. The summed E-state index contributed by atoms with van der Waals surface area (Å²) in [6, 6.07) is 62.3. The number of aromatic nitrogens is 4. The number of ether oxygens (including phenoxy) is 1. The van der Waals surface area contributed by atoms with Gasteiger partial charge in [-0.3, -0.25) is 4.57 Å². The summed E-state index contributed by atoms with van der Waals surface area (Å²) in [4.78, 5) is 4.88. The van der Waals surface area contributed by atoms with Gasteiger partial charge in [0.15, 0.2) is 0 Å². The number of nitrogens with zero attached hydrogens (tertiary/aromatic N) is 4. The van der Waals surface area contributed by atoms with Crippen LogP contribution in [0.4, 0.5) is 0 Å². The van der Waals surface area contributed by atoms with Gasteiger partial charge in [-0.25, -0.2) is 4.98 Å². The minimum Gasteiger partial charge on any atom is -0.510 e. The van der Waals surface area contributed by atoms with E-state index < -0.39 is 43.9 Å². The van der Waals surface area contributed by atoms with Crippen molar-refractivity contribution < 1.29 is 45.4 Å². The Morgan fingerprint density at radius 1 is 0.512 bits per heavy atom. The molecule has 402 valence electrons. The number of hydrogen-bond acceptors (Lipinski definition) is 2. The number of aryl methyl sites for hydroxylation is 2. The van der Waals surface area contributed by atoms with Crippen molar-refractivity contribution >= 4 is 32.8 Å². The van der Waals surface area contributed by atoms with Crippen LogP contribution in [0, 0.1) is 32.2 Å². The summed E-state index contributed by atoms with van der Waals surface area (Å²) in [6.07, 6.45) is 5.60. The fourth-order valence-corrected chi connectivity index (χ4v) is 11.7. The van der Waals surface area contributed by atoms with Crippen LogP contribution in [0.5, 0.6) is 11.5 Å². The van der Waals surface area contributed by atoms with Crippen LogP contribution in [0.2, 0.25) is 0 Å². The molecular weight excluding hydrogens is 1180 g/mol. The van der Waals surface area contributed by atoms with Gasteiger partial charge in [-0.15, -0.1) is 29.7 Å². The number of hydrogen-bond donors (Lipinski definition) is 0. The third kappa shape index (κ3) is 8.91. The van der Waals surface area contributed by atoms with Gasteiger partial charge in [-0.05, 0) is 149 Å². The number of para-hydroxylation sites is 2. The predicted molar refractivity (Wildman–Crippen MR) is 333 cm³/mol. The van der Waals surface area contributed by atoms with Crippen molar-refractivity contribution in [3.63, 3.8) is 0 Å². The molecule has 5 nitrogen and oxygen atoms in total. The summed E-state index contributed by atoms with van der Waals surface area (Å²) in [5, 5.41) is 2.00. The topological polar surface area (TPSA) is 35.9 Å². The second-order valence-electron chi connectivity index (χ2n) is 22.8. The molecule has 13 aromatic rings. The minimum absolute atomic E-state index is 0. The quantitative estimate of drug-likeness (QED) is 0.118. The van der Waals surface area contributed by atoms with E-state index in [2.05, 4.69) is 119 Å². The van der Waals surface area contributed by atoms with Crippen LogP contribution in [0.15, 0.2) is 218 Å². The van der Waals surface area contributed by atoms with Crippen LogP contribution < -0.4 is 9.30 Å². The maximum atomic E-state index is 9.47. The van der Waals surface area contributed by atoms with Crippen molar-refractivity contribution in [1.29, 1.82) is 0 Å². The second-order valence-corrected chi connectivity index (χ2v) is 22.8. The van der Waals surface area contributed by atoms with Crippen molar-refractivity contribution in [2.24, 2.45) is 0 Å². The molecule has 0 N–H and O–H groups in total. The van der Waals surface area contributed by atoms with Gasteiger partial charge >= 0.3 is 0 Å². The zero-order chi connectivity index (χ0) is 64.7. The standard InChI is InChI=1S/C76H60N4O.Pt/c1-48-20-16-21-49(2)71(48)64-31-19-32-65-72-58(51-22-10-9-11-23-51)29-18-30-63(72)59-26-12-13-27-60(59)66-42-52(50-34-36-53(37-35-50)75(3,4)5)43-69-74(66)79(73(64)65)47-78(69)55-24-17-25-56(45-55)81-57-38-39-62-61-28-14-15-33-67(61)80(68(62)46-57)70-44-54(40-41-77-70)76(6,7)8;/h9-44H,1-8H3;/q-2;/i1D3,2D3,9D,10D,11D,22D,23D;. The second kappa shape index (κ2) is 20.3. The van der Waals surface area contributed by atoms with Crippen LogP contribution in [0.3, 0.4) is 0 Å². The fourth-order valence-electron chi connectivity index (χ4n) is 11.7. The molecule has 0 amide bonds. The predicted octanol–water partition coefficient (Wildman–Crippen LogP) is 19.1. The Hall–Kier alpha value is -8.89. The maximum absolute atomic E-state index is 9.47. The van der Waals surface area contributed by atoms with Gasteiger partial charge in [-0.2, -0.15) is 18.2 Å². The first-order valence-electron chi connectivity index (χ1n) is 32.6. The Labute approximate surface area is 510 Å². The van der Waals surface area contributed by atoms with E-state index in [0.717, 1.165) is 66.6 Å². The van der Waals surface area contributed by atoms with Gasteiger partial charge in [0, 0.05) is 52.5 Å². The first-order chi connectivity index (χ1) is 43.8. The zero-order valence-electron chi connectivity index (χ0n) is 56.9. The SMILES string of the molecule is [2H]c1c([2H])c([2H])c(-c2cccc3c2-c2cccc(-c4c(C([2H])([2H])[2H])cccc4C([2H])([2H])[2H])c2-[n+]2[c-]n(-c4[c-]c(Oc5[c-]c6c(cc5)c5ccccc5n6-c5cc(C(C)(C)C)ccn5)ccc4)c4cc(-c5ccc(C(C)(C)C)cc5)cc(c42)-c2ccccc2-3)c([2H])c1[2H].[Pt]. The largest absolute Gasteiger partial charge is 0.510 e. The molecule has 0 fully saturated rings. The molecule has 6 heteroatoms. The summed E-state index contributed by atoms with van der Waals surface area (Å²) in [5.74, 6) is 1.52. The molecule has 0 radical (unpaired) electrons. The van der Waals surface area contributed by atoms with Crippen molar-refractivity contribution in [3.8, 4) is 95.5 Å². The molecule has 14 rings (SSSR count). The van der Waals surface area contributed by atoms with Gasteiger partial charge in [0.2, 0.25) is 0 Å². The van der Waals surface area contributed by atoms with E-state index in [1.54, 1.807) is 24.3 Å². The van der Waals surface area contributed by atoms with Crippen molar-refractivity contribution in [1.82, 2.24) is 14.1 Å². The van der Waals surface area contributed by atoms with E-state index in [0.29, 0.717) is 50.6 Å². The molecule has 3 aromatic heterocycles. The molecule has 0 aliphatic carbocycles. The van der Waals surface area contributed by atoms with E-state index in [1.165, 1.54) is 18.2 Å². The smallest absolute Gasteiger partial charge is 0.268 e. The number of pyridine rings is 1. The molecule has 82 heavy (non-hydrogen) atoms. The zero-order valence-corrected chi connectivity index (χ0v) is 48.2. The summed E-state index contributed by atoms with van der Waals surface area (Å²) >= 11 is 0. The molecule has 4 heterocycles. The van der Waals surface area contributed by atoms with E-state index in [9.17, 15) is 2.74 Å². The van der Waals surface area contributed by atoms with E-state index in [-0.39, 0.29) is 65.3 Å². The van der Waals surface area contributed by atoms with Gasteiger partial charge in [0.1, 0.15) is 5.82 Å². The average Bonchev–Trinajstić information content (AvgIpc) is 1.64. The van der Waals surface area contributed by atoms with Crippen molar-refractivity contribution in [2.45, 2.75) is 66.1 Å². The van der Waals surface area contributed by atoms with Gasteiger partial charge < -0.3 is 13.9 Å². The fraction of sp³-hybridized carbons (Fsp3) is 0.132. The van der Waals surface area contributed by atoms with E-state index in [1.807, 2.05) is 100 Å². The van der Waals surface area contributed by atoms with Crippen LogP contribution in [0.1, 0.15) is 78.9 Å². The summed E-state index contributed by atoms with van der Waals surface area (Å²) < 4.78 is 112. The van der Waals surface area contributed by atoms with Crippen LogP contribution in [-0.2, 0) is 31.9 Å². The van der Waals surface area contributed by atoms with E-state index >= 15 is 0 Å². The van der Waals surface area contributed by atoms with Crippen LogP contribution >= 0.6 is 0 Å². The monoisotopic (exact) mass is 1250 g/mol. The van der Waals surface area contributed by atoms with Crippen LogP contribution in [-0.4, -0.2) is 14.1 Å². The molecule has 0 saturated carbocycles. The van der Waals surface area contributed by atoms with Crippen LogP contribution in [0.25, 0.3) is 117 Å². The molecule has 0 saturated heterocycles. The molecule has 1 aliphatic heterocycles. The molecule has 0 bridgehead atoms. The Balaban J connectivity index is 0.00000787. The minimum atomic E-state index is -2.82. The molecular formula is C76H60N4OPt-2. The Bertz CT molecular complexity index is 5140. The molecule has 1 aliphatic rings. The third-order valence-electron chi connectivity index (χ3n) is 15.7. The number of benzene rings is 10. The van der Waals surface area contributed by atoms with E-state index in [4.69, 9.17) is 22.1 Å². The molecule has 10 aromatic carbocycles.